The third kappa shape index (κ3) is 7.08. The molecular weight excluding hydrogens is 420 g/mol. The zero-order valence-corrected chi connectivity index (χ0v) is 18.9. The topological polar surface area (TPSA) is 111 Å². The number of benzene rings is 2. The number of carbonyl (C=O) groups excluding carboxylic acids is 2. The fraction of sp³-hybridized carbons (Fsp3) is 0.364. The van der Waals surface area contributed by atoms with Crippen LogP contribution < -0.4 is 14.8 Å². The van der Waals surface area contributed by atoms with E-state index in [-0.39, 0.29) is 29.5 Å². The number of sulfonamides is 1. The Morgan fingerprint density at radius 3 is 2.32 bits per heavy atom. The zero-order valence-electron chi connectivity index (χ0n) is 18.0. The lowest BCUT2D eigenvalue weighted by atomic mass is 10.0. The molecule has 0 aliphatic heterocycles. The molecular formula is C22H28N2O6S. The molecule has 1 unspecified atom stereocenters. The fourth-order valence-electron chi connectivity index (χ4n) is 2.89. The van der Waals surface area contributed by atoms with Crippen molar-refractivity contribution in [2.75, 3.05) is 13.7 Å². The molecule has 0 aliphatic carbocycles. The van der Waals surface area contributed by atoms with E-state index in [4.69, 9.17) is 9.47 Å². The van der Waals surface area contributed by atoms with Crippen LogP contribution in [0.1, 0.15) is 49.2 Å². The van der Waals surface area contributed by atoms with Gasteiger partial charge in [-0.2, -0.15) is 0 Å². The summed E-state index contributed by atoms with van der Waals surface area (Å²) in [4.78, 5) is 25.1. The molecule has 1 amide bonds. The van der Waals surface area contributed by atoms with Crippen molar-refractivity contribution in [3.63, 3.8) is 0 Å². The van der Waals surface area contributed by atoms with Crippen LogP contribution in [0.15, 0.2) is 53.4 Å². The number of ether oxygens (including phenoxy) is 2. The van der Waals surface area contributed by atoms with Gasteiger partial charge in [-0.25, -0.2) is 13.1 Å². The number of hydrogen-bond acceptors (Lipinski definition) is 6. The third-order valence-corrected chi connectivity index (χ3v) is 5.85. The van der Waals surface area contributed by atoms with E-state index < -0.39 is 27.9 Å². The van der Waals surface area contributed by atoms with Crippen molar-refractivity contribution in [1.29, 1.82) is 0 Å². The van der Waals surface area contributed by atoms with Crippen LogP contribution in [0.25, 0.3) is 0 Å². The maximum atomic E-state index is 12.9. The fourth-order valence-corrected chi connectivity index (χ4v) is 3.97. The number of amides is 1. The molecule has 0 radical (unpaired) electrons. The van der Waals surface area contributed by atoms with Crippen LogP contribution >= 0.6 is 0 Å². The smallest absolute Gasteiger partial charge is 0.308 e. The molecule has 31 heavy (non-hydrogen) atoms. The number of hydrogen-bond donors (Lipinski definition) is 2. The Kier molecular flexibility index (Phi) is 8.58. The Morgan fingerprint density at radius 2 is 1.74 bits per heavy atom. The summed E-state index contributed by atoms with van der Waals surface area (Å²) in [5.74, 6) is -0.328. The molecule has 0 aromatic heterocycles. The van der Waals surface area contributed by atoms with Gasteiger partial charge in [0.1, 0.15) is 5.75 Å². The Morgan fingerprint density at radius 1 is 1.06 bits per heavy atom. The molecule has 0 saturated carbocycles. The van der Waals surface area contributed by atoms with Crippen molar-refractivity contribution >= 4 is 21.9 Å². The van der Waals surface area contributed by atoms with Gasteiger partial charge >= 0.3 is 5.97 Å². The predicted octanol–water partition coefficient (Wildman–Crippen LogP) is 2.81. The van der Waals surface area contributed by atoms with Crippen molar-refractivity contribution in [3.05, 3.63) is 59.7 Å². The molecule has 2 aromatic carbocycles. The monoisotopic (exact) mass is 448 g/mol. The highest BCUT2D eigenvalue weighted by Gasteiger charge is 2.22. The largest absolute Gasteiger partial charge is 0.497 e. The first-order valence-electron chi connectivity index (χ1n) is 9.90. The SMILES string of the molecule is CCNS(=O)(=O)c1cccc(C(=O)NC(CC(=O)OC(C)C)c2ccc(OC)cc2)c1. The lowest BCUT2D eigenvalue weighted by molar-refractivity contribution is -0.147. The maximum Gasteiger partial charge on any atom is 0.308 e. The van der Waals surface area contributed by atoms with Crippen LogP contribution in [0.3, 0.4) is 0 Å². The highest BCUT2D eigenvalue weighted by Crippen LogP contribution is 2.22. The molecule has 0 heterocycles. The molecule has 0 saturated heterocycles. The van der Waals surface area contributed by atoms with Gasteiger partial charge in [0.15, 0.2) is 0 Å². The van der Waals surface area contributed by atoms with Crippen LogP contribution in [0.5, 0.6) is 5.75 Å². The molecule has 8 nitrogen and oxygen atoms in total. The second-order valence-electron chi connectivity index (χ2n) is 7.07. The van der Waals surface area contributed by atoms with Crippen LogP contribution in [-0.2, 0) is 19.6 Å². The van der Waals surface area contributed by atoms with E-state index >= 15 is 0 Å². The normalized spacial score (nSPS) is 12.3. The highest BCUT2D eigenvalue weighted by molar-refractivity contribution is 7.89. The van der Waals surface area contributed by atoms with Crippen molar-refractivity contribution in [2.24, 2.45) is 0 Å². The average molecular weight is 449 g/mol. The molecule has 2 aromatic rings. The maximum absolute atomic E-state index is 12.9. The summed E-state index contributed by atoms with van der Waals surface area (Å²) in [5, 5.41) is 2.81. The molecule has 2 N–H and O–H groups in total. The molecule has 2 rings (SSSR count). The van der Waals surface area contributed by atoms with Gasteiger partial charge in [-0.05, 0) is 49.7 Å². The van der Waals surface area contributed by atoms with E-state index in [0.717, 1.165) is 0 Å². The van der Waals surface area contributed by atoms with Gasteiger partial charge in [-0.15, -0.1) is 0 Å². The van der Waals surface area contributed by atoms with E-state index in [1.165, 1.54) is 24.3 Å². The predicted molar refractivity (Wildman–Crippen MR) is 116 cm³/mol. The van der Waals surface area contributed by atoms with Crippen LogP contribution in [-0.4, -0.2) is 40.1 Å². The highest BCUT2D eigenvalue weighted by atomic mass is 32.2. The Balaban J connectivity index is 2.28. The number of nitrogens with one attached hydrogen (secondary N) is 2. The molecule has 0 bridgehead atoms. The van der Waals surface area contributed by atoms with Gasteiger partial charge < -0.3 is 14.8 Å². The van der Waals surface area contributed by atoms with E-state index in [9.17, 15) is 18.0 Å². The molecule has 0 spiro atoms. The van der Waals surface area contributed by atoms with Gasteiger partial charge in [-0.1, -0.05) is 25.1 Å². The summed E-state index contributed by atoms with van der Waals surface area (Å²) in [6.45, 7) is 5.39. The minimum atomic E-state index is -3.71. The van der Waals surface area contributed by atoms with E-state index in [2.05, 4.69) is 10.0 Å². The third-order valence-electron chi connectivity index (χ3n) is 4.30. The Hall–Kier alpha value is -2.91. The number of methoxy groups -OCH3 is 1. The summed E-state index contributed by atoms with van der Waals surface area (Å²) in [5.41, 5.74) is 0.848. The minimum absolute atomic E-state index is 0.0118. The quantitative estimate of drug-likeness (QED) is 0.541. The van der Waals surface area contributed by atoms with Gasteiger partial charge in [0.2, 0.25) is 10.0 Å². The summed E-state index contributed by atoms with van der Waals surface area (Å²) in [6.07, 6.45) is -0.362. The van der Waals surface area contributed by atoms with Crippen molar-refractivity contribution < 1.29 is 27.5 Å². The number of esters is 1. The lowest BCUT2D eigenvalue weighted by Crippen LogP contribution is -2.31. The van der Waals surface area contributed by atoms with Gasteiger partial charge in [0.25, 0.3) is 5.91 Å². The molecule has 9 heteroatoms. The van der Waals surface area contributed by atoms with Crippen LogP contribution in [0.4, 0.5) is 0 Å². The summed E-state index contributed by atoms with van der Waals surface area (Å²) in [6, 6.07) is 12.0. The van der Waals surface area contributed by atoms with E-state index in [1.54, 1.807) is 52.1 Å². The zero-order chi connectivity index (χ0) is 23.0. The summed E-state index contributed by atoms with van der Waals surface area (Å²) < 4.78 is 37.3. The standard InChI is InChI=1S/C22H28N2O6S/c1-5-23-31(27,28)19-8-6-7-17(13-19)22(26)24-20(14-21(25)30-15(2)3)16-9-11-18(29-4)12-10-16/h6-13,15,20,23H,5,14H2,1-4H3,(H,24,26). The van der Waals surface area contributed by atoms with Gasteiger partial charge in [-0.3, -0.25) is 9.59 Å². The summed E-state index contributed by atoms with van der Waals surface area (Å²) >= 11 is 0. The van der Waals surface area contributed by atoms with Crippen molar-refractivity contribution in [1.82, 2.24) is 10.0 Å². The first-order chi connectivity index (χ1) is 14.7. The molecule has 0 fully saturated rings. The molecule has 168 valence electrons. The van der Waals surface area contributed by atoms with Crippen LogP contribution in [0.2, 0.25) is 0 Å². The number of rotatable bonds is 10. The van der Waals surface area contributed by atoms with Gasteiger partial charge in [0, 0.05) is 12.1 Å². The Labute approximate surface area is 183 Å². The van der Waals surface area contributed by atoms with Crippen LogP contribution in [0, 0.1) is 0 Å². The summed E-state index contributed by atoms with van der Waals surface area (Å²) in [7, 11) is -2.16. The molecule has 0 aliphatic rings. The number of carbonyl (C=O) groups is 2. The first kappa shape index (κ1) is 24.4. The van der Waals surface area contributed by atoms with E-state index in [1.807, 2.05) is 0 Å². The second kappa shape index (κ2) is 10.9. The van der Waals surface area contributed by atoms with E-state index in [0.29, 0.717) is 11.3 Å². The molecule has 1 atom stereocenters. The van der Waals surface area contributed by atoms with Gasteiger partial charge in [0.05, 0.1) is 30.6 Å². The first-order valence-corrected chi connectivity index (χ1v) is 11.4. The lowest BCUT2D eigenvalue weighted by Gasteiger charge is -2.20. The second-order valence-corrected chi connectivity index (χ2v) is 8.84. The van der Waals surface area contributed by atoms with Crippen molar-refractivity contribution in [2.45, 2.75) is 44.2 Å². The van der Waals surface area contributed by atoms with Crippen molar-refractivity contribution in [3.8, 4) is 5.75 Å². The average Bonchev–Trinajstić information content (AvgIpc) is 2.72. The minimum Gasteiger partial charge on any atom is -0.497 e. The Bertz CT molecular complexity index is 1000.